The number of halogens is 4. The molecule has 0 aliphatic heterocycles. The number of rotatable bonds is 3. The van der Waals surface area contributed by atoms with Gasteiger partial charge >= 0.3 is 0 Å². The minimum atomic E-state index is -3.92. The fourth-order valence-corrected chi connectivity index (χ4v) is 4.00. The van der Waals surface area contributed by atoms with E-state index in [9.17, 15) is 8.42 Å². The second-order valence-electron chi connectivity index (χ2n) is 3.79. The lowest BCUT2D eigenvalue weighted by molar-refractivity contribution is 0.601. The van der Waals surface area contributed by atoms with Crippen molar-refractivity contribution in [3.05, 3.63) is 56.5 Å². The summed E-state index contributed by atoms with van der Waals surface area (Å²) >= 11 is 23.4. The van der Waals surface area contributed by atoms with Gasteiger partial charge in [0.25, 0.3) is 10.0 Å². The topological polar surface area (TPSA) is 46.2 Å². The maximum Gasteiger partial charge on any atom is 0.264 e. The Kier molecular flexibility index (Phi) is 4.72. The lowest BCUT2D eigenvalue weighted by atomic mass is 10.3. The highest BCUT2D eigenvalue weighted by atomic mass is 35.5. The van der Waals surface area contributed by atoms with Crippen molar-refractivity contribution in [3.8, 4) is 0 Å². The molecule has 0 unspecified atom stereocenters. The third-order valence-corrected chi connectivity index (χ3v) is 5.43. The zero-order chi connectivity index (χ0) is 14.9. The summed E-state index contributed by atoms with van der Waals surface area (Å²) in [7, 11) is -3.92. The Bertz CT molecular complexity index is 742. The molecule has 2 rings (SSSR count). The van der Waals surface area contributed by atoms with Crippen molar-refractivity contribution in [2.24, 2.45) is 0 Å². The Balaban J connectivity index is 2.43. The summed E-state index contributed by atoms with van der Waals surface area (Å²) in [5.41, 5.74) is 0.260. The van der Waals surface area contributed by atoms with Crippen LogP contribution >= 0.6 is 46.4 Å². The monoisotopic (exact) mass is 369 g/mol. The van der Waals surface area contributed by atoms with E-state index in [1.165, 1.54) is 30.3 Å². The standard InChI is InChI=1S/C12H7Cl4NO2S/c13-8-5-4-7(6-11(8)16)17-20(18,19)12-9(14)2-1-3-10(12)15/h1-6,17H. The molecule has 106 valence electrons. The molecule has 0 amide bonds. The van der Waals surface area contributed by atoms with Gasteiger partial charge in [0.05, 0.1) is 25.8 Å². The summed E-state index contributed by atoms with van der Waals surface area (Å²) < 4.78 is 26.9. The van der Waals surface area contributed by atoms with Gasteiger partial charge in [-0.3, -0.25) is 4.72 Å². The van der Waals surface area contributed by atoms with Crippen LogP contribution in [0.3, 0.4) is 0 Å². The van der Waals surface area contributed by atoms with Crippen LogP contribution in [0.15, 0.2) is 41.3 Å². The van der Waals surface area contributed by atoms with E-state index in [-0.39, 0.29) is 25.7 Å². The van der Waals surface area contributed by atoms with E-state index < -0.39 is 10.0 Å². The van der Waals surface area contributed by atoms with Gasteiger partial charge in [-0.05, 0) is 30.3 Å². The van der Waals surface area contributed by atoms with Gasteiger partial charge < -0.3 is 0 Å². The zero-order valence-corrected chi connectivity index (χ0v) is 13.5. The van der Waals surface area contributed by atoms with Crippen LogP contribution in [0.5, 0.6) is 0 Å². The Hall–Kier alpha value is -0.650. The first-order chi connectivity index (χ1) is 9.31. The Morgan fingerprint density at radius 3 is 1.95 bits per heavy atom. The predicted molar refractivity (Wildman–Crippen MR) is 83.7 cm³/mol. The SMILES string of the molecule is O=S(=O)(Nc1ccc(Cl)c(Cl)c1)c1c(Cl)cccc1Cl. The van der Waals surface area contributed by atoms with Gasteiger partial charge in [-0.2, -0.15) is 0 Å². The molecule has 0 aliphatic carbocycles. The second-order valence-corrected chi connectivity index (χ2v) is 7.03. The number of benzene rings is 2. The highest BCUT2D eigenvalue weighted by molar-refractivity contribution is 7.93. The van der Waals surface area contributed by atoms with Crippen molar-refractivity contribution >= 4 is 62.1 Å². The van der Waals surface area contributed by atoms with E-state index in [0.717, 1.165) is 0 Å². The Morgan fingerprint density at radius 2 is 1.40 bits per heavy atom. The van der Waals surface area contributed by atoms with E-state index in [2.05, 4.69) is 4.72 Å². The fraction of sp³-hybridized carbons (Fsp3) is 0. The molecule has 2 aromatic carbocycles. The first-order valence-electron chi connectivity index (χ1n) is 5.23. The van der Waals surface area contributed by atoms with E-state index >= 15 is 0 Å². The number of hydrogen-bond acceptors (Lipinski definition) is 2. The lowest BCUT2D eigenvalue weighted by Gasteiger charge is -2.11. The maximum absolute atomic E-state index is 12.3. The first-order valence-corrected chi connectivity index (χ1v) is 8.22. The maximum atomic E-state index is 12.3. The van der Waals surface area contributed by atoms with Crippen LogP contribution in [0.1, 0.15) is 0 Å². The molecule has 0 radical (unpaired) electrons. The van der Waals surface area contributed by atoms with Gasteiger partial charge in [0, 0.05) is 0 Å². The van der Waals surface area contributed by atoms with Crippen LogP contribution in [0, 0.1) is 0 Å². The van der Waals surface area contributed by atoms with Crippen LogP contribution in [-0.2, 0) is 10.0 Å². The molecule has 0 atom stereocenters. The van der Waals surface area contributed by atoms with Crippen LogP contribution in [0.4, 0.5) is 5.69 Å². The summed E-state index contributed by atoms with van der Waals surface area (Å²) in [6, 6.07) is 8.80. The molecule has 2 aromatic rings. The molecule has 0 fully saturated rings. The van der Waals surface area contributed by atoms with Crippen molar-refractivity contribution in [3.63, 3.8) is 0 Å². The number of nitrogens with one attached hydrogen (secondary N) is 1. The van der Waals surface area contributed by atoms with Gasteiger partial charge in [-0.15, -0.1) is 0 Å². The third-order valence-electron chi connectivity index (χ3n) is 2.36. The average Bonchev–Trinajstić information content (AvgIpc) is 2.33. The van der Waals surface area contributed by atoms with Gasteiger partial charge in [-0.25, -0.2) is 8.42 Å². The van der Waals surface area contributed by atoms with Crippen molar-refractivity contribution in [2.75, 3.05) is 4.72 Å². The fourth-order valence-electron chi connectivity index (χ4n) is 1.51. The molecular formula is C12H7Cl4NO2S. The van der Waals surface area contributed by atoms with Crippen molar-refractivity contribution in [2.45, 2.75) is 4.90 Å². The summed E-state index contributed by atoms with van der Waals surface area (Å²) in [6.45, 7) is 0. The quantitative estimate of drug-likeness (QED) is 0.816. The number of hydrogen-bond donors (Lipinski definition) is 1. The minimum absolute atomic E-state index is 0.0325. The summed E-state index contributed by atoms with van der Waals surface area (Å²) in [5.74, 6) is 0. The van der Waals surface area contributed by atoms with Crippen LogP contribution in [-0.4, -0.2) is 8.42 Å². The van der Waals surface area contributed by atoms with Crippen molar-refractivity contribution in [1.82, 2.24) is 0 Å². The van der Waals surface area contributed by atoms with Crippen molar-refractivity contribution < 1.29 is 8.42 Å². The predicted octanol–water partition coefficient (Wildman–Crippen LogP) is 5.10. The van der Waals surface area contributed by atoms with E-state index in [0.29, 0.717) is 5.02 Å². The molecule has 0 saturated heterocycles. The highest BCUT2D eigenvalue weighted by Crippen LogP contribution is 2.32. The Morgan fingerprint density at radius 1 is 0.800 bits per heavy atom. The van der Waals surface area contributed by atoms with Crippen LogP contribution < -0.4 is 4.72 Å². The summed E-state index contributed by atoms with van der Waals surface area (Å²) in [6.07, 6.45) is 0. The molecule has 1 N–H and O–H groups in total. The van der Waals surface area contributed by atoms with Crippen molar-refractivity contribution in [1.29, 1.82) is 0 Å². The minimum Gasteiger partial charge on any atom is -0.279 e. The molecule has 0 heterocycles. The van der Waals surface area contributed by atoms with Crippen LogP contribution in [0.25, 0.3) is 0 Å². The van der Waals surface area contributed by atoms with E-state index in [4.69, 9.17) is 46.4 Å². The molecule has 0 spiro atoms. The average molecular weight is 371 g/mol. The van der Waals surface area contributed by atoms with Gasteiger partial charge in [-0.1, -0.05) is 52.5 Å². The van der Waals surface area contributed by atoms with Gasteiger partial charge in [0.1, 0.15) is 4.90 Å². The summed E-state index contributed by atoms with van der Waals surface area (Å²) in [5, 5.41) is 0.623. The molecule has 0 aromatic heterocycles. The molecule has 0 aliphatic rings. The second kappa shape index (κ2) is 6.00. The van der Waals surface area contributed by atoms with Gasteiger partial charge in [0.2, 0.25) is 0 Å². The number of sulfonamides is 1. The first kappa shape index (κ1) is 15.7. The smallest absolute Gasteiger partial charge is 0.264 e. The Labute approximate surface area is 136 Å². The van der Waals surface area contributed by atoms with E-state index in [1.807, 2.05) is 0 Å². The lowest BCUT2D eigenvalue weighted by Crippen LogP contribution is -2.14. The zero-order valence-electron chi connectivity index (χ0n) is 9.70. The van der Waals surface area contributed by atoms with E-state index in [1.54, 1.807) is 6.07 Å². The normalized spacial score (nSPS) is 11.4. The highest BCUT2D eigenvalue weighted by Gasteiger charge is 2.21. The van der Waals surface area contributed by atoms with Crippen LogP contribution in [0.2, 0.25) is 20.1 Å². The molecule has 0 saturated carbocycles. The summed E-state index contributed by atoms with van der Waals surface area (Å²) in [4.78, 5) is -0.186. The molecule has 3 nitrogen and oxygen atoms in total. The molecule has 20 heavy (non-hydrogen) atoms. The largest absolute Gasteiger partial charge is 0.279 e. The molecule has 0 bridgehead atoms. The molecular weight excluding hydrogens is 364 g/mol. The van der Waals surface area contributed by atoms with Gasteiger partial charge in [0.15, 0.2) is 0 Å². The number of anilines is 1. The third kappa shape index (κ3) is 3.32. The molecule has 8 heteroatoms.